The molecule has 0 aromatic carbocycles. The SMILES string of the molecule is CCc1nc(-c2nnn(C)c2C(=O)c2nccc(C3CC(F)(F)C3)n2)ccc1N1CC(CC(=O)O)CC(F)(F)C1. The lowest BCUT2D eigenvalue weighted by Crippen LogP contribution is -2.48. The van der Waals surface area contributed by atoms with Gasteiger partial charge in [-0.2, -0.15) is 0 Å². The summed E-state index contributed by atoms with van der Waals surface area (Å²) < 4.78 is 57.0. The highest BCUT2D eigenvalue weighted by molar-refractivity contribution is 6.08. The first-order valence-electron chi connectivity index (χ1n) is 12.9. The first-order chi connectivity index (χ1) is 18.9. The number of ketones is 1. The van der Waals surface area contributed by atoms with Crippen molar-refractivity contribution in [3.05, 3.63) is 47.3 Å². The lowest BCUT2D eigenvalue weighted by molar-refractivity contribution is -0.139. The Morgan fingerprint density at radius 2 is 1.82 bits per heavy atom. The van der Waals surface area contributed by atoms with Crippen molar-refractivity contribution in [3.8, 4) is 11.4 Å². The normalized spacial score (nSPS) is 20.2. The summed E-state index contributed by atoms with van der Waals surface area (Å²) in [6, 6.07) is 4.66. The molecule has 2 fully saturated rings. The molecule has 1 aliphatic carbocycles. The highest BCUT2D eigenvalue weighted by Crippen LogP contribution is 2.47. The van der Waals surface area contributed by atoms with Crippen LogP contribution in [0.25, 0.3) is 11.4 Å². The summed E-state index contributed by atoms with van der Waals surface area (Å²) in [5.41, 5.74) is 1.72. The highest BCUT2D eigenvalue weighted by Gasteiger charge is 2.47. The molecule has 0 spiro atoms. The Balaban J connectivity index is 1.44. The van der Waals surface area contributed by atoms with Crippen LogP contribution in [0.2, 0.25) is 0 Å². The summed E-state index contributed by atoms with van der Waals surface area (Å²) in [6.45, 7) is 1.39. The second kappa shape index (κ2) is 10.2. The third-order valence-electron chi connectivity index (χ3n) is 7.25. The van der Waals surface area contributed by atoms with Gasteiger partial charge in [0.2, 0.25) is 11.7 Å². The number of hydrogen-bond donors (Lipinski definition) is 1. The van der Waals surface area contributed by atoms with Crippen molar-refractivity contribution in [3.63, 3.8) is 0 Å². The molecule has 10 nitrogen and oxygen atoms in total. The molecule has 1 unspecified atom stereocenters. The fourth-order valence-corrected chi connectivity index (χ4v) is 5.42. The van der Waals surface area contributed by atoms with Gasteiger partial charge >= 0.3 is 5.97 Å². The summed E-state index contributed by atoms with van der Waals surface area (Å²) in [5, 5.41) is 17.2. The molecule has 0 radical (unpaired) electrons. The zero-order valence-corrected chi connectivity index (χ0v) is 21.8. The van der Waals surface area contributed by atoms with Crippen LogP contribution in [0.1, 0.15) is 66.2 Å². The van der Waals surface area contributed by atoms with E-state index >= 15 is 0 Å². The Hall–Kier alpha value is -3.97. The van der Waals surface area contributed by atoms with Gasteiger partial charge in [-0.25, -0.2) is 37.2 Å². The number of carbonyl (C=O) groups is 2. The highest BCUT2D eigenvalue weighted by atomic mass is 19.3. The van der Waals surface area contributed by atoms with Gasteiger partial charge in [-0.15, -0.1) is 5.10 Å². The number of alkyl halides is 4. The molecule has 4 heterocycles. The van der Waals surface area contributed by atoms with E-state index in [0.717, 1.165) is 0 Å². The minimum Gasteiger partial charge on any atom is -0.481 e. The molecule has 0 amide bonds. The van der Waals surface area contributed by atoms with E-state index in [9.17, 15) is 27.2 Å². The fraction of sp³-hybridized carbons (Fsp3) is 0.500. The average molecular weight is 562 g/mol. The number of carboxylic acid groups (broad SMARTS) is 1. The number of nitrogens with zero attached hydrogens (tertiary/aromatic N) is 7. The predicted octanol–water partition coefficient (Wildman–Crippen LogP) is 3.91. The van der Waals surface area contributed by atoms with Crippen LogP contribution in [0.15, 0.2) is 24.4 Å². The standard InChI is InChI=1S/C26H27F4N7O3/c1-3-16-19(37-12-14(8-20(38)39)9-26(29,30)13-37)5-4-18(32-16)21-22(36(2)35-34-21)23(40)24-31-7-6-17(33-24)15-10-25(27,28)11-15/h4-7,14-15H,3,8-13H2,1-2H3,(H,38,39). The van der Waals surface area contributed by atoms with E-state index in [2.05, 4.69) is 25.3 Å². The molecule has 212 valence electrons. The quantitative estimate of drug-likeness (QED) is 0.322. The average Bonchev–Trinajstić information content (AvgIpc) is 3.26. The van der Waals surface area contributed by atoms with Crippen molar-refractivity contribution >= 4 is 17.4 Å². The van der Waals surface area contributed by atoms with Crippen molar-refractivity contribution in [2.45, 2.75) is 56.8 Å². The van der Waals surface area contributed by atoms with Crippen LogP contribution >= 0.6 is 0 Å². The van der Waals surface area contributed by atoms with Gasteiger partial charge in [0.15, 0.2) is 0 Å². The Labute approximate surface area is 226 Å². The molecule has 40 heavy (non-hydrogen) atoms. The molecule has 3 aromatic rings. The van der Waals surface area contributed by atoms with Crippen molar-refractivity contribution in [1.82, 2.24) is 29.9 Å². The predicted molar refractivity (Wildman–Crippen MR) is 134 cm³/mol. The monoisotopic (exact) mass is 561 g/mol. The van der Waals surface area contributed by atoms with Gasteiger partial charge in [0.25, 0.3) is 11.7 Å². The molecular weight excluding hydrogens is 534 g/mol. The maximum absolute atomic E-state index is 14.5. The number of aryl methyl sites for hydroxylation is 2. The second-order valence-electron chi connectivity index (χ2n) is 10.4. The number of rotatable bonds is 8. The number of aliphatic carboxylic acids is 1. The zero-order chi connectivity index (χ0) is 28.8. The summed E-state index contributed by atoms with van der Waals surface area (Å²) in [6.07, 6.45) is 0.175. The maximum Gasteiger partial charge on any atom is 0.303 e. The molecule has 1 atom stereocenters. The van der Waals surface area contributed by atoms with Crippen LogP contribution in [-0.4, -0.2) is 71.7 Å². The summed E-state index contributed by atoms with van der Waals surface area (Å²) in [7, 11) is 1.51. The van der Waals surface area contributed by atoms with Crippen LogP contribution in [0.5, 0.6) is 0 Å². The molecule has 3 aromatic heterocycles. The number of hydrogen-bond acceptors (Lipinski definition) is 8. The van der Waals surface area contributed by atoms with Gasteiger partial charge in [-0.1, -0.05) is 12.1 Å². The van der Waals surface area contributed by atoms with Crippen LogP contribution in [0.4, 0.5) is 23.2 Å². The van der Waals surface area contributed by atoms with Crippen molar-refractivity contribution in [2.24, 2.45) is 13.0 Å². The Kier molecular flexibility index (Phi) is 7.04. The number of carboxylic acids is 1. The minimum absolute atomic E-state index is 0.0319. The lowest BCUT2D eigenvalue weighted by Gasteiger charge is -2.39. The largest absolute Gasteiger partial charge is 0.481 e. The Morgan fingerprint density at radius 1 is 1.07 bits per heavy atom. The van der Waals surface area contributed by atoms with E-state index in [0.29, 0.717) is 23.5 Å². The third-order valence-corrected chi connectivity index (χ3v) is 7.25. The number of aromatic nitrogens is 6. The Bertz CT molecular complexity index is 1450. The first kappa shape index (κ1) is 27.6. The number of pyridine rings is 1. The van der Waals surface area contributed by atoms with Crippen LogP contribution in [-0.2, 0) is 18.3 Å². The van der Waals surface area contributed by atoms with Gasteiger partial charge in [0.05, 0.1) is 30.0 Å². The summed E-state index contributed by atoms with van der Waals surface area (Å²) in [5.74, 6) is -8.93. The Morgan fingerprint density at radius 3 is 2.50 bits per heavy atom. The zero-order valence-electron chi connectivity index (χ0n) is 21.8. The van der Waals surface area contributed by atoms with Crippen molar-refractivity contribution in [1.29, 1.82) is 0 Å². The number of halogens is 4. The number of piperidine rings is 1. The molecule has 1 aliphatic heterocycles. The van der Waals surface area contributed by atoms with Crippen LogP contribution < -0.4 is 4.90 Å². The third kappa shape index (κ3) is 5.52. The molecule has 1 saturated heterocycles. The molecule has 2 aliphatic rings. The van der Waals surface area contributed by atoms with Gasteiger partial charge in [-0.05, 0) is 30.5 Å². The molecular formula is C26H27F4N7O3. The van der Waals surface area contributed by atoms with E-state index in [1.165, 1.54) is 28.9 Å². The maximum atomic E-state index is 14.5. The first-order valence-corrected chi connectivity index (χ1v) is 12.9. The van der Waals surface area contributed by atoms with E-state index in [-0.39, 0.29) is 48.7 Å². The van der Waals surface area contributed by atoms with Crippen LogP contribution in [0, 0.1) is 5.92 Å². The van der Waals surface area contributed by atoms with Gasteiger partial charge < -0.3 is 10.0 Å². The minimum atomic E-state index is -3.06. The molecule has 1 N–H and O–H groups in total. The molecule has 5 rings (SSSR count). The van der Waals surface area contributed by atoms with Crippen molar-refractivity contribution < 1.29 is 32.3 Å². The summed E-state index contributed by atoms with van der Waals surface area (Å²) >= 11 is 0. The van der Waals surface area contributed by atoms with Gasteiger partial charge in [0.1, 0.15) is 11.4 Å². The molecule has 14 heteroatoms. The number of anilines is 1. The molecule has 0 bridgehead atoms. The van der Waals surface area contributed by atoms with Crippen LogP contribution in [0.3, 0.4) is 0 Å². The number of carbonyl (C=O) groups excluding carboxylic acids is 1. The molecule has 1 saturated carbocycles. The van der Waals surface area contributed by atoms with E-state index in [1.54, 1.807) is 19.1 Å². The topological polar surface area (TPSA) is 127 Å². The van der Waals surface area contributed by atoms with E-state index < -0.39 is 48.4 Å². The van der Waals surface area contributed by atoms with E-state index in [1.807, 2.05) is 0 Å². The smallest absolute Gasteiger partial charge is 0.303 e. The van der Waals surface area contributed by atoms with E-state index in [4.69, 9.17) is 5.11 Å². The second-order valence-corrected chi connectivity index (χ2v) is 10.4. The van der Waals surface area contributed by atoms with Gasteiger partial charge in [0, 0.05) is 50.7 Å². The van der Waals surface area contributed by atoms with Gasteiger partial charge in [-0.3, -0.25) is 9.59 Å². The fourth-order valence-electron chi connectivity index (χ4n) is 5.42. The lowest BCUT2D eigenvalue weighted by atomic mass is 9.79. The summed E-state index contributed by atoms with van der Waals surface area (Å²) in [4.78, 5) is 39.0. The van der Waals surface area contributed by atoms with Crippen molar-refractivity contribution in [2.75, 3.05) is 18.0 Å².